The molecule has 2 nitrogen and oxygen atoms in total. The molecule has 0 amide bonds. The van der Waals surface area contributed by atoms with Gasteiger partial charge >= 0.3 is 0 Å². The second-order valence-electron chi connectivity index (χ2n) is 4.09. The van der Waals surface area contributed by atoms with E-state index in [-0.39, 0.29) is 5.41 Å². The van der Waals surface area contributed by atoms with Crippen molar-refractivity contribution in [3.63, 3.8) is 0 Å². The van der Waals surface area contributed by atoms with Crippen molar-refractivity contribution in [1.29, 1.82) is 0 Å². The minimum Gasteiger partial charge on any atom is -0.481 e. The van der Waals surface area contributed by atoms with Crippen LogP contribution in [0.3, 0.4) is 0 Å². The van der Waals surface area contributed by atoms with Crippen LogP contribution in [0.1, 0.15) is 25.3 Å². The lowest BCUT2D eigenvalue weighted by Crippen LogP contribution is -2.23. The van der Waals surface area contributed by atoms with Crippen LogP contribution in [0.25, 0.3) is 0 Å². The summed E-state index contributed by atoms with van der Waals surface area (Å²) < 4.78 is 5.18. The number of rotatable bonds is 3. The highest BCUT2D eigenvalue weighted by Crippen LogP contribution is 2.36. The van der Waals surface area contributed by atoms with Gasteiger partial charge in [-0.1, -0.05) is 31.2 Å². The monoisotopic (exact) mass is 215 g/mol. The summed E-state index contributed by atoms with van der Waals surface area (Å²) in [6.07, 6.45) is 12.7. The maximum Gasteiger partial charge on any atom is 0.213 e. The predicted molar refractivity (Wildman–Crippen MR) is 65.7 cm³/mol. The molecular weight excluding hydrogens is 198 g/mol. The lowest BCUT2D eigenvalue weighted by molar-refractivity contribution is 0.395. The SMILES string of the molecule is CCC1(c2ccnc(OC)c2)C=CC=CC1. The number of pyridine rings is 1. The topological polar surface area (TPSA) is 22.1 Å². The number of hydrogen-bond acceptors (Lipinski definition) is 2. The molecule has 0 saturated heterocycles. The van der Waals surface area contributed by atoms with Crippen LogP contribution in [0.4, 0.5) is 0 Å². The van der Waals surface area contributed by atoms with Crippen LogP contribution in [0.15, 0.2) is 42.6 Å². The predicted octanol–water partition coefficient (Wildman–Crippen LogP) is 3.25. The molecule has 1 heterocycles. The summed E-state index contributed by atoms with van der Waals surface area (Å²) in [5.74, 6) is 0.688. The summed E-state index contributed by atoms with van der Waals surface area (Å²) in [4.78, 5) is 4.15. The Morgan fingerprint density at radius 2 is 2.31 bits per heavy atom. The Labute approximate surface area is 96.7 Å². The Hall–Kier alpha value is -1.57. The van der Waals surface area contributed by atoms with Gasteiger partial charge in [0.1, 0.15) is 0 Å². The van der Waals surface area contributed by atoms with Gasteiger partial charge in [-0.05, 0) is 24.5 Å². The van der Waals surface area contributed by atoms with Crippen LogP contribution < -0.4 is 4.74 Å². The van der Waals surface area contributed by atoms with Crippen molar-refractivity contribution in [1.82, 2.24) is 4.98 Å². The quantitative estimate of drug-likeness (QED) is 0.772. The minimum atomic E-state index is 0.116. The molecule has 0 fully saturated rings. The first-order valence-corrected chi connectivity index (χ1v) is 5.65. The number of allylic oxidation sites excluding steroid dienone is 4. The molecule has 16 heavy (non-hydrogen) atoms. The summed E-state index contributed by atoms with van der Waals surface area (Å²) in [5, 5.41) is 0. The zero-order valence-electron chi connectivity index (χ0n) is 9.81. The fourth-order valence-corrected chi connectivity index (χ4v) is 2.18. The van der Waals surface area contributed by atoms with E-state index in [9.17, 15) is 0 Å². The highest BCUT2D eigenvalue weighted by atomic mass is 16.5. The van der Waals surface area contributed by atoms with E-state index in [1.165, 1.54) is 5.56 Å². The van der Waals surface area contributed by atoms with E-state index in [1.54, 1.807) is 7.11 Å². The largest absolute Gasteiger partial charge is 0.481 e. The van der Waals surface area contributed by atoms with E-state index in [0.29, 0.717) is 5.88 Å². The Kier molecular flexibility index (Phi) is 3.09. The normalized spacial score (nSPS) is 23.4. The molecule has 0 aromatic carbocycles. The first-order valence-electron chi connectivity index (χ1n) is 5.65. The molecule has 2 heteroatoms. The molecular formula is C14H17NO. The van der Waals surface area contributed by atoms with Crippen molar-refractivity contribution >= 4 is 0 Å². The van der Waals surface area contributed by atoms with Gasteiger partial charge in [-0.15, -0.1) is 0 Å². The van der Waals surface area contributed by atoms with Gasteiger partial charge in [0, 0.05) is 17.7 Å². The first kappa shape index (κ1) is 10.9. The lowest BCUT2D eigenvalue weighted by Gasteiger charge is -2.30. The molecule has 0 spiro atoms. The molecule has 1 aliphatic carbocycles. The average molecular weight is 215 g/mol. The highest BCUT2D eigenvalue weighted by Gasteiger charge is 2.27. The maximum atomic E-state index is 5.18. The second kappa shape index (κ2) is 4.52. The van der Waals surface area contributed by atoms with Crippen LogP contribution in [-0.2, 0) is 5.41 Å². The molecule has 2 rings (SSSR count). The molecule has 1 aromatic rings. The highest BCUT2D eigenvalue weighted by molar-refractivity contribution is 5.37. The number of methoxy groups -OCH3 is 1. The third-order valence-electron chi connectivity index (χ3n) is 3.29. The summed E-state index contributed by atoms with van der Waals surface area (Å²) in [6, 6.07) is 4.11. The van der Waals surface area contributed by atoms with Gasteiger partial charge in [-0.3, -0.25) is 0 Å². The molecule has 0 bridgehead atoms. The van der Waals surface area contributed by atoms with Gasteiger partial charge in [0.25, 0.3) is 0 Å². The third-order valence-corrected chi connectivity index (χ3v) is 3.29. The Morgan fingerprint density at radius 1 is 1.44 bits per heavy atom. The number of hydrogen-bond donors (Lipinski definition) is 0. The summed E-state index contributed by atoms with van der Waals surface area (Å²) in [7, 11) is 1.65. The maximum absolute atomic E-state index is 5.18. The van der Waals surface area contributed by atoms with Crippen LogP contribution in [0.5, 0.6) is 5.88 Å². The smallest absolute Gasteiger partial charge is 0.213 e. The second-order valence-corrected chi connectivity index (χ2v) is 4.09. The summed E-state index contributed by atoms with van der Waals surface area (Å²) in [5.41, 5.74) is 1.40. The van der Waals surface area contributed by atoms with E-state index >= 15 is 0 Å². The summed E-state index contributed by atoms with van der Waals surface area (Å²) >= 11 is 0. The van der Waals surface area contributed by atoms with Crippen molar-refractivity contribution in [3.8, 4) is 5.88 Å². The van der Waals surface area contributed by atoms with Crippen molar-refractivity contribution in [3.05, 3.63) is 48.2 Å². The number of nitrogens with zero attached hydrogens (tertiary/aromatic N) is 1. The first-order chi connectivity index (χ1) is 7.80. The zero-order chi connectivity index (χ0) is 11.4. The third kappa shape index (κ3) is 1.87. The Morgan fingerprint density at radius 3 is 2.94 bits per heavy atom. The fourth-order valence-electron chi connectivity index (χ4n) is 2.18. The van der Waals surface area contributed by atoms with Crippen molar-refractivity contribution in [2.45, 2.75) is 25.2 Å². The Balaban J connectivity index is 2.40. The molecule has 1 aliphatic rings. The van der Waals surface area contributed by atoms with E-state index in [0.717, 1.165) is 12.8 Å². The van der Waals surface area contributed by atoms with E-state index in [4.69, 9.17) is 4.74 Å². The minimum absolute atomic E-state index is 0.116. The van der Waals surface area contributed by atoms with Crippen molar-refractivity contribution < 1.29 is 4.74 Å². The van der Waals surface area contributed by atoms with Crippen LogP contribution in [-0.4, -0.2) is 12.1 Å². The lowest BCUT2D eigenvalue weighted by atomic mass is 9.74. The van der Waals surface area contributed by atoms with Gasteiger partial charge in [-0.2, -0.15) is 0 Å². The number of aromatic nitrogens is 1. The molecule has 1 unspecified atom stereocenters. The van der Waals surface area contributed by atoms with Crippen LogP contribution >= 0.6 is 0 Å². The van der Waals surface area contributed by atoms with Crippen molar-refractivity contribution in [2.75, 3.05) is 7.11 Å². The number of ether oxygens (including phenoxy) is 1. The van der Waals surface area contributed by atoms with E-state index in [2.05, 4.69) is 42.3 Å². The zero-order valence-corrected chi connectivity index (χ0v) is 9.81. The molecule has 0 N–H and O–H groups in total. The molecule has 0 saturated carbocycles. The van der Waals surface area contributed by atoms with Gasteiger partial charge in [0.15, 0.2) is 0 Å². The average Bonchev–Trinajstić information content (AvgIpc) is 2.39. The summed E-state index contributed by atoms with van der Waals surface area (Å²) in [6.45, 7) is 2.22. The fraction of sp³-hybridized carbons (Fsp3) is 0.357. The van der Waals surface area contributed by atoms with Crippen LogP contribution in [0, 0.1) is 0 Å². The molecule has 1 atom stereocenters. The van der Waals surface area contributed by atoms with Gasteiger partial charge < -0.3 is 4.74 Å². The Bertz CT molecular complexity index is 422. The molecule has 84 valence electrons. The van der Waals surface area contributed by atoms with Gasteiger partial charge in [0.2, 0.25) is 5.88 Å². The molecule has 0 aliphatic heterocycles. The standard InChI is InChI=1S/C14H17NO/c1-3-14(8-5-4-6-9-14)12-7-10-15-13(11-12)16-2/h4-8,10-11H,3,9H2,1-2H3. The van der Waals surface area contributed by atoms with E-state index in [1.807, 2.05) is 12.3 Å². The van der Waals surface area contributed by atoms with E-state index < -0.39 is 0 Å². The molecule has 0 radical (unpaired) electrons. The van der Waals surface area contributed by atoms with Gasteiger partial charge in [-0.25, -0.2) is 4.98 Å². The van der Waals surface area contributed by atoms with Crippen molar-refractivity contribution in [2.24, 2.45) is 0 Å². The van der Waals surface area contributed by atoms with Crippen LogP contribution in [0.2, 0.25) is 0 Å². The van der Waals surface area contributed by atoms with Gasteiger partial charge in [0.05, 0.1) is 7.11 Å². The molecule has 1 aromatic heterocycles.